The lowest BCUT2D eigenvalue weighted by atomic mass is 9.67. The maximum absolute atomic E-state index is 14.5. The van der Waals surface area contributed by atoms with Gasteiger partial charge in [0.15, 0.2) is 11.5 Å². The summed E-state index contributed by atoms with van der Waals surface area (Å²) in [5, 5.41) is 17.2. The number of aryl methyl sites for hydroxylation is 1. The number of alkyl halides is 3. The summed E-state index contributed by atoms with van der Waals surface area (Å²) in [6.45, 7) is 11.2. The number of hydrogen-bond acceptors (Lipinski definition) is 6. The predicted octanol–water partition coefficient (Wildman–Crippen LogP) is 8.22. The zero-order chi connectivity index (χ0) is 39.2. The molecule has 10 nitrogen and oxygen atoms in total. The molecule has 1 aliphatic carbocycles. The third-order valence-corrected chi connectivity index (χ3v) is 10.9. The second kappa shape index (κ2) is 16.4. The second-order valence-electron chi connectivity index (χ2n) is 13.7. The van der Waals surface area contributed by atoms with E-state index < -0.39 is 29.2 Å². The molecule has 1 heterocycles. The van der Waals surface area contributed by atoms with Gasteiger partial charge in [-0.2, -0.15) is 13.2 Å². The number of amides is 2. The third-order valence-electron chi connectivity index (χ3n) is 10.9. The van der Waals surface area contributed by atoms with Gasteiger partial charge in [0.2, 0.25) is 0 Å². The highest BCUT2D eigenvalue weighted by molar-refractivity contribution is 5.84. The van der Waals surface area contributed by atoms with Crippen LogP contribution in [0.2, 0.25) is 0 Å². The highest BCUT2D eigenvalue weighted by atomic mass is 19.4. The molecule has 2 fully saturated rings. The number of para-hydroxylation sites is 2. The van der Waals surface area contributed by atoms with Gasteiger partial charge in [0.1, 0.15) is 6.54 Å². The Morgan fingerprint density at radius 2 is 1.45 bits per heavy atom. The number of urea groups is 1. The molecule has 288 valence electrons. The number of anilines is 1. The van der Waals surface area contributed by atoms with E-state index in [0.717, 1.165) is 18.4 Å². The van der Waals surface area contributed by atoms with Gasteiger partial charge in [-0.1, -0.05) is 67.6 Å². The van der Waals surface area contributed by atoms with Crippen molar-refractivity contribution in [3.05, 3.63) is 89.5 Å². The van der Waals surface area contributed by atoms with E-state index in [0.29, 0.717) is 50.5 Å². The van der Waals surface area contributed by atoms with E-state index in [-0.39, 0.29) is 18.1 Å². The number of carbonyl (C=O) groups excluding carboxylic acids is 1. The SMILES string of the molecule is CCOc1cccc(C(C)(CC)N2CC3(CCC(c4ccccc4)(N(C)c4ccccc4C)CC3)N(CC(=O)O)C2=O)c1OCC.O=C(O)C(F)(F)F. The van der Waals surface area contributed by atoms with E-state index in [1.54, 1.807) is 4.90 Å². The second-order valence-corrected chi connectivity index (χ2v) is 13.7. The summed E-state index contributed by atoms with van der Waals surface area (Å²) in [4.78, 5) is 41.7. The van der Waals surface area contributed by atoms with Crippen LogP contribution in [0.1, 0.15) is 76.5 Å². The fraction of sp³-hybridized carbons (Fsp3) is 0.475. The first kappa shape index (κ1) is 40.8. The molecule has 0 aromatic heterocycles. The van der Waals surface area contributed by atoms with Gasteiger partial charge in [0.05, 0.1) is 29.8 Å². The van der Waals surface area contributed by atoms with E-state index in [1.807, 2.05) is 43.0 Å². The predicted molar refractivity (Wildman–Crippen MR) is 195 cm³/mol. The van der Waals surface area contributed by atoms with Crippen molar-refractivity contribution >= 4 is 23.7 Å². The van der Waals surface area contributed by atoms with Crippen LogP contribution in [-0.2, 0) is 20.7 Å². The van der Waals surface area contributed by atoms with Crippen LogP contribution >= 0.6 is 0 Å². The van der Waals surface area contributed by atoms with Gasteiger partial charge >= 0.3 is 24.1 Å². The Morgan fingerprint density at radius 1 is 0.868 bits per heavy atom. The van der Waals surface area contributed by atoms with E-state index in [2.05, 4.69) is 81.2 Å². The number of carboxylic acid groups (broad SMARTS) is 2. The number of nitrogens with zero attached hydrogens (tertiary/aromatic N) is 3. The lowest BCUT2D eigenvalue weighted by Gasteiger charge is -2.52. The van der Waals surface area contributed by atoms with Crippen LogP contribution in [0.15, 0.2) is 72.8 Å². The van der Waals surface area contributed by atoms with E-state index in [9.17, 15) is 27.9 Å². The van der Waals surface area contributed by atoms with Crippen molar-refractivity contribution in [1.82, 2.24) is 9.80 Å². The number of carbonyl (C=O) groups is 3. The van der Waals surface area contributed by atoms with Crippen molar-refractivity contribution in [2.45, 2.75) is 89.5 Å². The maximum atomic E-state index is 14.5. The fourth-order valence-corrected chi connectivity index (χ4v) is 7.87. The number of ether oxygens (including phenoxy) is 2. The molecule has 3 aromatic carbocycles. The molecule has 5 rings (SSSR count). The molecular weight excluding hydrogens is 691 g/mol. The molecule has 1 atom stereocenters. The maximum Gasteiger partial charge on any atom is 0.490 e. The Balaban J connectivity index is 0.000000815. The quantitative estimate of drug-likeness (QED) is 0.191. The number of hydrogen-bond donors (Lipinski definition) is 2. The van der Waals surface area contributed by atoms with Crippen molar-refractivity contribution in [2.75, 3.05) is 38.3 Å². The van der Waals surface area contributed by atoms with Crippen molar-refractivity contribution in [2.24, 2.45) is 0 Å². The molecule has 2 N–H and O–H groups in total. The minimum Gasteiger partial charge on any atom is -0.490 e. The van der Waals surface area contributed by atoms with Gasteiger partial charge < -0.3 is 34.4 Å². The third kappa shape index (κ3) is 8.18. The molecule has 0 radical (unpaired) electrons. The van der Waals surface area contributed by atoms with Crippen LogP contribution in [0.4, 0.5) is 23.7 Å². The topological polar surface area (TPSA) is 120 Å². The van der Waals surface area contributed by atoms with E-state index in [4.69, 9.17) is 19.4 Å². The molecule has 2 amide bonds. The van der Waals surface area contributed by atoms with Crippen LogP contribution in [0.5, 0.6) is 11.5 Å². The van der Waals surface area contributed by atoms with Gasteiger partial charge in [0, 0.05) is 24.8 Å². The van der Waals surface area contributed by atoms with Gasteiger partial charge in [-0.15, -0.1) is 0 Å². The average Bonchev–Trinajstić information content (AvgIpc) is 3.39. The average molecular weight is 742 g/mol. The summed E-state index contributed by atoms with van der Waals surface area (Å²) < 4.78 is 43.9. The van der Waals surface area contributed by atoms with E-state index in [1.165, 1.54) is 16.8 Å². The summed E-state index contributed by atoms with van der Waals surface area (Å²) in [7, 11) is 2.17. The summed E-state index contributed by atoms with van der Waals surface area (Å²) in [6.07, 6.45) is -1.58. The van der Waals surface area contributed by atoms with Crippen LogP contribution in [-0.4, -0.2) is 83.0 Å². The molecule has 1 saturated carbocycles. The van der Waals surface area contributed by atoms with Crippen LogP contribution in [0.3, 0.4) is 0 Å². The molecule has 2 aliphatic rings. The van der Waals surface area contributed by atoms with Crippen molar-refractivity contribution in [3.63, 3.8) is 0 Å². The highest BCUT2D eigenvalue weighted by Crippen LogP contribution is 2.53. The summed E-state index contributed by atoms with van der Waals surface area (Å²) in [6, 6.07) is 24.7. The first-order valence-corrected chi connectivity index (χ1v) is 17.9. The molecule has 1 saturated heterocycles. The minimum atomic E-state index is -5.08. The van der Waals surface area contributed by atoms with Gasteiger partial charge in [-0.3, -0.25) is 4.79 Å². The highest BCUT2D eigenvalue weighted by Gasteiger charge is 2.58. The Morgan fingerprint density at radius 3 is 1.98 bits per heavy atom. The summed E-state index contributed by atoms with van der Waals surface area (Å²) in [5.41, 5.74) is 2.79. The Kier molecular flexibility index (Phi) is 12.6. The summed E-state index contributed by atoms with van der Waals surface area (Å²) in [5.74, 6) is -2.47. The first-order valence-electron chi connectivity index (χ1n) is 17.9. The lowest BCUT2D eigenvalue weighted by molar-refractivity contribution is -0.192. The molecule has 1 aliphatic heterocycles. The van der Waals surface area contributed by atoms with Crippen molar-refractivity contribution in [3.8, 4) is 11.5 Å². The van der Waals surface area contributed by atoms with Gasteiger partial charge in [-0.25, -0.2) is 9.59 Å². The number of carboxylic acids is 2. The molecule has 0 bridgehead atoms. The molecule has 1 unspecified atom stereocenters. The Hall–Kier alpha value is -4.94. The minimum absolute atomic E-state index is 0.240. The lowest BCUT2D eigenvalue weighted by Crippen LogP contribution is -2.57. The monoisotopic (exact) mass is 741 g/mol. The standard InChI is InChI=1S/C38H49N3O5.C2HF3O2/c1-7-36(5,30-19-15-21-32(45-8-2)34(30)46-9-3)41-27-37(40(35(41)44)26-33(42)43)22-24-38(25-23-37,29-17-11-10-12-18-29)39(6)31-20-14-13-16-28(31)4;3-2(4,5)1(6)7/h10-21H,7-9,22-27H2,1-6H3,(H,42,43);(H,6,7). The first-order chi connectivity index (χ1) is 25.0. The summed E-state index contributed by atoms with van der Waals surface area (Å²) >= 11 is 0. The van der Waals surface area contributed by atoms with Gasteiger partial charge in [-0.05, 0) is 83.1 Å². The number of halogens is 3. The Labute approximate surface area is 309 Å². The van der Waals surface area contributed by atoms with Crippen molar-refractivity contribution < 1.29 is 47.2 Å². The largest absolute Gasteiger partial charge is 0.490 e. The van der Waals surface area contributed by atoms with E-state index >= 15 is 0 Å². The van der Waals surface area contributed by atoms with Crippen molar-refractivity contribution in [1.29, 1.82) is 0 Å². The fourth-order valence-electron chi connectivity index (χ4n) is 7.87. The number of benzene rings is 3. The van der Waals surface area contributed by atoms with Gasteiger partial charge in [0.25, 0.3) is 0 Å². The van der Waals surface area contributed by atoms with Crippen LogP contribution < -0.4 is 14.4 Å². The number of aliphatic carboxylic acids is 2. The van der Waals surface area contributed by atoms with Crippen LogP contribution in [0, 0.1) is 6.92 Å². The zero-order valence-electron chi connectivity index (χ0n) is 31.2. The normalized spacial score (nSPS) is 21.0. The Bertz CT molecular complexity index is 1740. The molecular formula is C40H50F3N3O7. The van der Waals surface area contributed by atoms with Crippen LogP contribution in [0.25, 0.3) is 0 Å². The molecule has 1 spiro atoms. The number of rotatable bonds is 12. The smallest absolute Gasteiger partial charge is 0.490 e. The zero-order valence-corrected chi connectivity index (χ0v) is 31.2. The molecule has 3 aromatic rings. The molecule has 53 heavy (non-hydrogen) atoms. The molecule has 13 heteroatoms.